The van der Waals surface area contributed by atoms with E-state index >= 15 is 0 Å². The Hall–Kier alpha value is -4.14. The topological polar surface area (TPSA) is 84.4 Å². The molecular weight excluding hydrogens is 502 g/mol. The van der Waals surface area contributed by atoms with Crippen LogP contribution in [-0.4, -0.2) is 60.1 Å². The minimum atomic E-state index is -0.0788. The molecule has 0 aliphatic carbocycles. The number of imidazole rings is 1. The molecule has 2 fully saturated rings. The van der Waals surface area contributed by atoms with Crippen molar-refractivity contribution in [2.75, 3.05) is 49.7 Å². The maximum absolute atomic E-state index is 14.4. The van der Waals surface area contributed by atoms with Gasteiger partial charge in [-0.05, 0) is 42.7 Å². The van der Waals surface area contributed by atoms with Crippen LogP contribution in [0, 0.1) is 0 Å². The van der Waals surface area contributed by atoms with Crippen molar-refractivity contribution in [2.45, 2.75) is 25.5 Å². The van der Waals surface area contributed by atoms with Crippen LogP contribution in [0.25, 0.3) is 33.3 Å². The zero-order valence-electron chi connectivity index (χ0n) is 22.4. The molecule has 2 aliphatic rings. The number of para-hydroxylation sites is 1. The lowest BCUT2D eigenvalue weighted by molar-refractivity contribution is 0.120. The molecule has 7 rings (SSSR count). The molecule has 0 bridgehead atoms. The van der Waals surface area contributed by atoms with Gasteiger partial charge in [-0.2, -0.15) is 0 Å². The Labute approximate surface area is 232 Å². The zero-order valence-corrected chi connectivity index (χ0v) is 22.4. The van der Waals surface area contributed by atoms with Gasteiger partial charge in [-0.25, -0.2) is 4.98 Å². The van der Waals surface area contributed by atoms with Gasteiger partial charge < -0.3 is 29.2 Å². The van der Waals surface area contributed by atoms with Crippen molar-refractivity contribution in [3.8, 4) is 11.4 Å². The lowest BCUT2D eigenvalue weighted by atomic mass is 10.1. The number of anilines is 2. The van der Waals surface area contributed by atoms with Gasteiger partial charge in [0.05, 0.1) is 48.1 Å². The number of fused-ring (bicyclic) bond motifs is 2. The van der Waals surface area contributed by atoms with Crippen LogP contribution in [0.15, 0.2) is 77.6 Å². The first kappa shape index (κ1) is 24.9. The third kappa shape index (κ3) is 4.74. The molecule has 0 amide bonds. The highest BCUT2D eigenvalue weighted by Gasteiger charge is 2.23. The van der Waals surface area contributed by atoms with Gasteiger partial charge in [-0.3, -0.25) is 4.79 Å². The Kier molecular flexibility index (Phi) is 6.71. The van der Waals surface area contributed by atoms with E-state index < -0.39 is 0 Å². The number of hydrogen-bond donors (Lipinski definition) is 2. The fourth-order valence-corrected chi connectivity index (χ4v) is 5.89. The van der Waals surface area contributed by atoms with Gasteiger partial charge in [-0.15, -0.1) is 0 Å². The quantitative estimate of drug-likeness (QED) is 0.305. The van der Waals surface area contributed by atoms with Gasteiger partial charge in [0, 0.05) is 37.3 Å². The van der Waals surface area contributed by atoms with E-state index in [4.69, 9.17) is 14.5 Å². The van der Waals surface area contributed by atoms with Crippen LogP contribution in [0.2, 0.25) is 0 Å². The Morgan fingerprint density at radius 2 is 1.80 bits per heavy atom. The molecule has 4 heterocycles. The van der Waals surface area contributed by atoms with E-state index in [-0.39, 0.29) is 11.7 Å². The second-order valence-electron chi connectivity index (χ2n) is 10.5. The number of morpholine rings is 1. The molecular formula is C32H33N5O3. The fourth-order valence-electron chi connectivity index (χ4n) is 5.89. The summed E-state index contributed by atoms with van der Waals surface area (Å²) in [6, 6.07) is 24.5. The SMILES string of the molecule is O=c1c(-c2nc3ccc(N4CCOCC4)cc3[nH]2)c(NCC2CCCO2)c2ccccc2n1Cc1ccccc1. The number of nitrogens with zero attached hydrogens (tertiary/aromatic N) is 3. The number of aromatic nitrogens is 3. The van der Waals surface area contributed by atoms with Crippen molar-refractivity contribution in [3.05, 3.63) is 88.7 Å². The van der Waals surface area contributed by atoms with Gasteiger partial charge in [-0.1, -0.05) is 48.5 Å². The number of H-pyrrole nitrogens is 1. The first-order chi connectivity index (χ1) is 19.7. The molecule has 0 spiro atoms. The molecule has 204 valence electrons. The molecule has 2 aliphatic heterocycles. The molecule has 0 radical (unpaired) electrons. The first-order valence-electron chi connectivity index (χ1n) is 14.1. The summed E-state index contributed by atoms with van der Waals surface area (Å²) in [5.74, 6) is 0.571. The van der Waals surface area contributed by atoms with Crippen LogP contribution in [-0.2, 0) is 16.0 Å². The number of pyridine rings is 1. The summed E-state index contributed by atoms with van der Waals surface area (Å²) in [7, 11) is 0. The average Bonchev–Trinajstić information content (AvgIpc) is 3.68. The smallest absolute Gasteiger partial charge is 0.264 e. The van der Waals surface area contributed by atoms with Crippen LogP contribution < -0.4 is 15.8 Å². The summed E-state index contributed by atoms with van der Waals surface area (Å²) < 4.78 is 13.3. The van der Waals surface area contributed by atoms with E-state index in [2.05, 4.69) is 45.5 Å². The van der Waals surface area contributed by atoms with Crippen LogP contribution >= 0.6 is 0 Å². The zero-order chi connectivity index (χ0) is 26.9. The highest BCUT2D eigenvalue weighted by Crippen LogP contribution is 2.33. The molecule has 1 unspecified atom stereocenters. The van der Waals surface area contributed by atoms with Crippen molar-refractivity contribution in [1.29, 1.82) is 0 Å². The first-order valence-corrected chi connectivity index (χ1v) is 14.1. The Balaban J connectivity index is 1.38. The van der Waals surface area contributed by atoms with Crippen molar-refractivity contribution < 1.29 is 9.47 Å². The molecule has 1 atom stereocenters. The number of rotatable bonds is 7. The second kappa shape index (κ2) is 10.8. The van der Waals surface area contributed by atoms with Gasteiger partial charge in [0.2, 0.25) is 0 Å². The predicted molar refractivity (Wildman–Crippen MR) is 159 cm³/mol. The third-order valence-electron chi connectivity index (χ3n) is 7.97. The van der Waals surface area contributed by atoms with Gasteiger partial charge in [0.1, 0.15) is 11.4 Å². The van der Waals surface area contributed by atoms with Crippen LogP contribution in [0.5, 0.6) is 0 Å². The maximum atomic E-state index is 14.4. The maximum Gasteiger partial charge on any atom is 0.264 e. The van der Waals surface area contributed by atoms with Crippen molar-refractivity contribution >= 4 is 33.3 Å². The molecule has 5 aromatic rings. The predicted octanol–water partition coefficient (Wildman–Crippen LogP) is 5.02. The summed E-state index contributed by atoms with van der Waals surface area (Å²) in [6.45, 7) is 5.07. The van der Waals surface area contributed by atoms with E-state index in [1.54, 1.807) is 0 Å². The molecule has 3 aromatic carbocycles. The van der Waals surface area contributed by atoms with Crippen molar-refractivity contribution in [1.82, 2.24) is 14.5 Å². The largest absolute Gasteiger partial charge is 0.381 e. The minimum Gasteiger partial charge on any atom is -0.381 e. The van der Waals surface area contributed by atoms with Crippen molar-refractivity contribution in [2.24, 2.45) is 0 Å². The van der Waals surface area contributed by atoms with Crippen molar-refractivity contribution in [3.63, 3.8) is 0 Å². The number of aromatic amines is 1. The summed E-state index contributed by atoms with van der Waals surface area (Å²) in [6.07, 6.45) is 2.21. The van der Waals surface area contributed by atoms with Crippen LogP contribution in [0.1, 0.15) is 18.4 Å². The molecule has 40 heavy (non-hydrogen) atoms. The van der Waals surface area contributed by atoms with Gasteiger partial charge >= 0.3 is 0 Å². The highest BCUT2D eigenvalue weighted by molar-refractivity contribution is 5.99. The van der Waals surface area contributed by atoms with E-state index in [9.17, 15) is 4.79 Å². The van der Waals surface area contributed by atoms with E-state index in [1.807, 2.05) is 47.0 Å². The summed E-state index contributed by atoms with van der Waals surface area (Å²) in [5, 5.41) is 4.60. The monoisotopic (exact) mass is 535 g/mol. The number of hydrogen-bond acceptors (Lipinski definition) is 6. The molecule has 2 aromatic heterocycles. The van der Waals surface area contributed by atoms with Crippen LogP contribution in [0.3, 0.4) is 0 Å². The lowest BCUT2D eigenvalue weighted by Crippen LogP contribution is -2.36. The third-order valence-corrected chi connectivity index (χ3v) is 7.97. The molecule has 0 saturated carbocycles. The van der Waals surface area contributed by atoms with Gasteiger partial charge in [0.25, 0.3) is 5.56 Å². The molecule has 2 N–H and O–H groups in total. The van der Waals surface area contributed by atoms with E-state index in [0.717, 1.165) is 84.6 Å². The minimum absolute atomic E-state index is 0.0788. The molecule has 8 nitrogen and oxygen atoms in total. The standard InChI is InChI=1S/C32H33N5O3/c38-32-29(31-34-26-13-12-23(19-27(26)35-31)36-14-17-39-18-15-36)30(33-20-24-9-6-16-40-24)25-10-4-5-11-28(25)37(32)21-22-7-2-1-3-8-22/h1-5,7-8,10-13,19,24,33H,6,9,14-18,20-21H2,(H,34,35). The summed E-state index contributed by atoms with van der Waals surface area (Å²) >= 11 is 0. The lowest BCUT2D eigenvalue weighted by Gasteiger charge is -2.28. The Bertz CT molecular complexity index is 1700. The van der Waals surface area contributed by atoms with E-state index in [0.29, 0.717) is 24.5 Å². The fraction of sp³-hybridized carbons (Fsp3) is 0.312. The normalized spacial score (nSPS) is 17.6. The molecule has 2 saturated heterocycles. The second-order valence-corrected chi connectivity index (χ2v) is 10.5. The average molecular weight is 536 g/mol. The Morgan fingerprint density at radius 3 is 2.62 bits per heavy atom. The summed E-state index contributed by atoms with van der Waals surface area (Å²) in [5.41, 5.74) is 6.10. The summed E-state index contributed by atoms with van der Waals surface area (Å²) in [4.78, 5) is 25.2. The number of ether oxygens (including phenoxy) is 2. The number of nitrogens with one attached hydrogen (secondary N) is 2. The Morgan fingerprint density at radius 1 is 0.975 bits per heavy atom. The number of benzene rings is 3. The van der Waals surface area contributed by atoms with Gasteiger partial charge in [0.15, 0.2) is 0 Å². The highest BCUT2D eigenvalue weighted by atomic mass is 16.5. The molecule has 8 heteroatoms. The van der Waals surface area contributed by atoms with E-state index in [1.165, 1.54) is 0 Å². The van der Waals surface area contributed by atoms with Crippen LogP contribution in [0.4, 0.5) is 11.4 Å².